The van der Waals surface area contributed by atoms with Gasteiger partial charge < -0.3 is 19.2 Å². The summed E-state index contributed by atoms with van der Waals surface area (Å²) >= 11 is 1.37. The maximum atomic E-state index is 12.1. The number of anilines is 1. The van der Waals surface area contributed by atoms with Gasteiger partial charge in [-0.05, 0) is 30.7 Å². The van der Waals surface area contributed by atoms with Gasteiger partial charge in [0.05, 0.1) is 18.6 Å². The lowest BCUT2D eigenvalue weighted by Gasteiger charge is -2.19. The molecule has 0 radical (unpaired) electrons. The number of aromatic nitrogens is 3. The van der Waals surface area contributed by atoms with E-state index in [4.69, 9.17) is 4.42 Å². The van der Waals surface area contributed by atoms with Crippen molar-refractivity contribution in [2.45, 2.75) is 18.1 Å². The first-order chi connectivity index (χ1) is 13.2. The van der Waals surface area contributed by atoms with Crippen LogP contribution < -0.4 is 10.2 Å². The van der Waals surface area contributed by atoms with E-state index in [1.54, 1.807) is 12.6 Å². The maximum absolute atomic E-state index is 12.1. The van der Waals surface area contributed by atoms with Crippen LogP contribution in [0.15, 0.2) is 64.6 Å². The number of furan rings is 1. The first-order valence-corrected chi connectivity index (χ1v) is 9.77. The molecule has 2 heterocycles. The summed E-state index contributed by atoms with van der Waals surface area (Å²) in [6.07, 6.45) is 4.16. The van der Waals surface area contributed by atoms with Crippen LogP contribution >= 0.6 is 11.8 Å². The second-order valence-electron chi connectivity index (χ2n) is 6.07. The highest BCUT2D eigenvalue weighted by molar-refractivity contribution is 7.99. The average molecular weight is 385 g/mol. The summed E-state index contributed by atoms with van der Waals surface area (Å²) in [6, 6.07) is 13.9. The van der Waals surface area contributed by atoms with E-state index in [-0.39, 0.29) is 5.91 Å². The number of benzene rings is 1. The lowest BCUT2D eigenvalue weighted by Crippen LogP contribution is -2.29. The van der Waals surface area contributed by atoms with E-state index in [9.17, 15) is 4.79 Å². The molecule has 0 aliphatic carbocycles. The number of hydrogen-bond acceptors (Lipinski definition) is 6. The number of carbonyl (C=O) groups is 1. The Balaban J connectivity index is 1.35. The van der Waals surface area contributed by atoms with E-state index in [2.05, 4.69) is 39.6 Å². The van der Waals surface area contributed by atoms with Gasteiger partial charge in [0.1, 0.15) is 12.1 Å². The van der Waals surface area contributed by atoms with Gasteiger partial charge in [0.2, 0.25) is 5.91 Å². The molecule has 0 bridgehead atoms. The molecule has 0 aliphatic rings. The van der Waals surface area contributed by atoms with Crippen molar-refractivity contribution >= 4 is 23.4 Å². The zero-order valence-electron chi connectivity index (χ0n) is 15.2. The quantitative estimate of drug-likeness (QED) is 0.427. The van der Waals surface area contributed by atoms with E-state index >= 15 is 0 Å². The van der Waals surface area contributed by atoms with Crippen LogP contribution in [0.4, 0.5) is 5.69 Å². The van der Waals surface area contributed by atoms with Crippen molar-refractivity contribution in [1.29, 1.82) is 0 Å². The highest BCUT2D eigenvalue weighted by Crippen LogP contribution is 2.16. The molecule has 142 valence electrons. The Morgan fingerprint density at radius 1 is 1.26 bits per heavy atom. The van der Waals surface area contributed by atoms with Crippen molar-refractivity contribution < 1.29 is 9.21 Å². The largest absolute Gasteiger partial charge is 0.467 e. The van der Waals surface area contributed by atoms with Crippen molar-refractivity contribution in [3.05, 3.63) is 60.8 Å². The van der Waals surface area contributed by atoms with Gasteiger partial charge in [0.25, 0.3) is 0 Å². The fourth-order valence-electron chi connectivity index (χ4n) is 2.57. The van der Waals surface area contributed by atoms with Crippen LogP contribution in [-0.4, -0.2) is 46.6 Å². The predicted octanol–water partition coefficient (Wildman–Crippen LogP) is 2.65. The molecule has 1 amide bonds. The van der Waals surface area contributed by atoms with Gasteiger partial charge in [-0.25, -0.2) is 0 Å². The van der Waals surface area contributed by atoms with E-state index in [1.807, 2.05) is 34.9 Å². The lowest BCUT2D eigenvalue weighted by atomic mass is 10.3. The Bertz CT molecular complexity index is 820. The average Bonchev–Trinajstić information content (AvgIpc) is 3.36. The van der Waals surface area contributed by atoms with E-state index in [0.29, 0.717) is 24.0 Å². The zero-order chi connectivity index (χ0) is 18.9. The Morgan fingerprint density at radius 2 is 2.11 bits per heavy atom. The van der Waals surface area contributed by atoms with Gasteiger partial charge in [0, 0.05) is 25.8 Å². The van der Waals surface area contributed by atoms with Crippen molar-refractivity contribution in [1.82, 2.24) is 20.1 Å². The molecule has 3 aromatic rings. The molecule has 0 saturated heterocycles. The molecule has 27 heavy (non-hydrogen) atoms. The van der Waals surface area contributed by atoms with E-state index < -0.39 is 0 Å². The third-order valence-corrected chi connectivity index (χ3v) is 4.99. The first-order valence-electron chi connectivity index (χ1n) is 8.78. The van der Waals surface area contributed by atoms with Gasteiger partial charge in [-0.1, -0.05) is 30.0 Å². The van der Waals surface area contributed by atoms with Crippen LogP contribution in [0.2, 0.25) is 0 Å². The molecule has 3 rings (SSSR count). The topological polar surface area (TPSA) is 76.2 Å². The SMILES string of the molecule is CN(CCCNC(=O)CSc1nncn1Cc1ccco1)c1ccccc1. The monoisotopic (exact) mass is 385 g/mol. The minimum absolute atomic E-state index is 0.00471. The van der Waals surface area contributed by atoms with E-state index in [1.165, 1.54) is 17.4 Å². The van der Waals surface area contributed by atoms with Crippen LogP contribution in [0.3, 0.4) is 0 Å². The normalized spacial score (nSPS) is 10.7. The first kappa shape index (κ1) is 19.0. The highest BCUT2D eigenvalue weighted by Gasteiger charge is 2.10. The summed E-state index contributed by atoms with van der Waals surface area (Å²) in [4.78, 5) is 14.2. The van der Waals surface area contributed by atoms with Crippen molar-refractivity contribution in [3.8, 4) is 0 Å². The summed E-state index contributed by atoms with van der Waals surface area (Å²) in [5, 5.41) is 11.6. The van der Waals surface area contributed by atoms with Gasteiger partial charge >= 0.3 is 0 Å². The third-order valence-electron chi connectivity index (χ3n) is 4.01. The number of carbonyl (C=O) groups excluding carboxylic acids is 1. The fourth-order valence-corrected chi connectivity index (χ4v) is 3.32. The number of amides is 1. The Hall–Kier alpha value is -2.74. The van der Waals surface area contributed by atoms with Gasteiger partial charge in [-0.3, -0.25) is 4.79 Å². The lowest BCUT2D eigenvalue weighted by molar-refractivity contribution is -0.118. The Morgan fingerprint density at radius 3 is 2.89 bits per heavy atom. The summed E-state index contributed by atoms with van der Waals surface area (Å²) in [5.74, 6) is 1.13. The van der Waals surface area contributed by atoms with Gasteiger partial charge in [-0.2, -0.15) is 0 Å². The van der Waals surface area contributed by atoms with Crippen LogP contribution in [0.5, 0.6) is 0 Å². The second-order valence-corrected chi connectivity index (χ2v) is 7.01. The molecule has 1 N–H and O–H groups in total. The molecule has 0 atom stereocenters. The summed E-state index contributed by atoms with van der Waals surface area (Å²) in [7, 11) is 2.05. The zero-order valence-corrected chi connectivity index (χ0v) is 16.1. The minimum atomic E-state index is -0.00471. The molecule has 0 spiro atoms. The summed E-state index contributed by atoms with van der Waals surface area (Å²) < 4.78 is 7.20. The number of nitrogens with one attached hydrogen (secondary N) is 1. The second kappa shape index (κ2) is 9.82. The van der Waals surface area contributed by atoms with Crippen molar-refractivity contribution in [2.24, 2.45) is 0 Å². The molecule has 2 aromatic heterocycles. The van der Waals surface area contributed by atoms with Crippen molar-refractivity contribution in [2.75, 3.05) is 30.8 Å². The smallest absolute Gasteiger partial charge is 0.230 e. The van der Waals surface area contributed by atoms with Crippen LogP contribution in [0.25, 0.3) is 0 Å². The summed E-state index contributed by atoms with van der Waals surface area (Å²) in [5.41, 5.74) is 1.18. The van der Waals surface area contributed by atoms with Crippen LogP contribution in [-0.2, 0) is 11.3 Å². The number of thioether (sulfide) groups is 1. The summed E-state index contributed by atoms with van der Waals surface area (Å²) in [6.45, 7) is 2.08. The Labute approximate surface area is 162 Å². The van der Waals surface area contributed by atoms with Crippen LogP contribution in [0, 0.1) is 0 Å². The number of hydrogen-bond donors (Lipinski definition) is 1. The molecule has 0 fully saturated rings. The van der Waals surface area contributed by atoms with Gasteiger partial charge in [0.15, 0.2) is 5.16 Å². The molecule has 1 aromatic carbocycles. The van der Waals surface area contributed by atoms with Crippen molar-refractivity contribution in [3.63, 3.8) is 0 Å². The highest BCUT2D eigenvalue weighted by atomic mass is 32.2. The standard InChI is InChI=1S/C19H23N5O2S/c1-23(16-7-3-2-4-8-16)11-6-10-20-18(25)14-27-19-22-21-15-24(19)13-17-9-5-12-26-17/h2-5,7-9,12,15H,6,10-11,13-14H2,1H3,(H,20,25). The molecule has 7 nitrogen and oxygen atoms in total. The van der Waals surface area contributed by atoms with Gasteiger partial charge in [-0.15, -0.1) is 10.2 Å². The molecular formula is C19H23N5O2S. The molecule has 0 aliphatic heterocycles. The molecular weight excluding hydrogens is 362 g/mol. The van der Waals surface area contributed by atoms with E-state index in [0.717, 1.165) is 18.7 Å². The number of nitrogens with zero attached hydrogens (tertiary/aromatic N) is 4. The molecule has 0 saturated carbocycles. The Kier molecular flexibility index (Phi) is 6.92. The third kappa shape index (κ3) is 5.89. The van der Waals surface area contributed by atoms with Crippen LogP contribution in [0.1, 0.15) is 12.2 Å². The fraction of sp³-hybridized carbons (Fsp3) is 0.316. The number of rotatable bonds is 10. The predicted molar refractivity (Wildman–Crippen MR) is 106 cm³/mol. The molecule has 8 heteroatoms. The maximum Gasteiger partial charge on any atom is 0.230 e. The number of para-hydroxylation sites is 1. The minimum Gasteiger partial charge on any atom is -0.467 e. The molecule has 0 unspecified atom stereocenters.